The van der Waals surface area contributed by atoms with Gasteiger partial charge in [0.25, 0.3) is 0 Å². The Labute approximate surface area is 123 Å². The van der Waals surface area contributed by atoms with Gasteiger partial charge in [0, 0.05) is 7.11 Å². The lowest BCUT2D eigenvalue weighted by Gasteiger charge is -2.21. The van der Waals surface area contributed by atoms with E-state index in [4.69, 9.17) is 4.74 Å². The number of aromatic nitrogens is 1. The van der Waals surface area contributed by atoms with E-state index in [1.54, 1.807) is 7.11 Å². The third-order valence-electron chi connectivity index (χ3n) is 3.54. The summed E-state index contributed by atoms with van der Waals surface area (Å²) in [4.78, 5) is 3.55. The summed E-state index contributed by atoms with van der Waals surface area (Å²) in [5.41, 5.74) is -0.244. The average molecular weight is 305 g/mol. The van der Waals surface area contributed by atoms with Crippen LogP contribution in [-0.4, -0.2) is 23.3 Å². The maximum Gasteiger partial charge on any atom is 0.433 e. The Balaban J connectivity index is 2.96. The van der Waals surface area contributed by atoms with Gasteiger partial charge in [0.15, 0.2) is 0 Å². The highest BCUT2D eigenvalue weighted by Gasteiger charge is 2.33. The van der Waals surface area contributed by atoms with Crippen LogP contribution in [0.15, 0.2) is 12.1 Å². The molecule has 2 atom stereocenters. The van der Waals surface area contributed by atoms with Crippen molar-refractivity contribution in [2.75, 3.05) is 7.11 Å². The van der Waals surface area contributed by atoms with Crippen molar-refractivity contribution >= 4 is 0 Å². The molecule has 0 aliphatic rings. The predicted molar refractivity (Wildman–Crippen MR) is 73.9 cm³/mol. The van der Waals surface area contributed by atoms with Gasteiger partial charge in [-0.3, -0.25) is 0 Å². The quantitative estimate of drug-likeness (QED) is 0.830. The van der Waals surface area contributed by atoms with Crippen molar-refractivity contribution in [3.63, 3.8) is 0 Å². The van der Waals surface area contributed by atoms with Crippen molar-refractivity contribution in [3.05, 3.63) is 29.1 Å². The normalized spacial score (nSPS) is 15.0. The van der Waals surface area contributed by atoms with Gasteiger partial charge in [-0.05, 0) is 30.4 Å². The van der Waals surface area contributed by atoms with Crippen LogP contribution in [0.25, 0.3) is 0 Å². The van der Waals surface area contributed by atoms with Crippen LogP contribution in [0, 0.1) is 0 Å². The highest BCUT2D eigenvalue weighted by atomic mass is 19.4. The van der Waals surface area contributed by atoms with E-state index >= 15 is 0 Å². The van der Waals surface area contributed by atoms with Crippen molar-refractivity contribution in [1.82, 2.24) is 4.98 Å². The topological polar surface area (TPSA) is 42.4 Å². The van der Waals surface area contributed by atoms with E-state index in [-0.39, 0.29) is 17.7 Å². The molecule has 0 unspecified atom stereocenters. The van der Waals surface area contributed by atoms with Gasteiger partial charge >= 0.3 is 6.18 Å². The van der Waals surface area contributed by atoms with Crippen LogP contribution >= 0.6 is 0 Å². The summed E-state index contributed by atoms with van der Waals surface area (Å²) in [6.07, 6.45) is -1.89. The predicted octanol–water partition coefficient (Wildman–Crippen LogP) is 3.90. The van der Waals surface area contributed by atoms with Crippen molar-refractivity contribution in [1.29, 1.82) is 0 Å². The van der Waals surface area contributed by atoms with Gasteiger partial charge in [-0.2, -0.15) is 13.2 Å². The monoisotopic (exact) mass is 305 g/mol. The van der Waals surface area contributed by atoms with E-state index in [9.17, 15) is 18.3 Å². The van der Waals surface area contributed by atoms with E-state index in [0.717, 1.165) is 18.9 Å². The highest BCUT2D eigenvalue weighted by Crippen LogP contribution is 2.31. The van der Waals surface area contributed by atoms with Gasteiger partial charge in [-0.1, -0.05) is 26.3 Å². The van der Waals surface area contributed by atoms with Gasteiger partial charge in [0.05, 0.1) is 18.4 Å². The van der Waals surface area contributed by atoms with Gasteiger partial charge in [0.1, 0.15) is 5.69 Å². The van der Waals surface area contributed by atoms with Crippen LogP contribution in [0.5, 0.6) is 0 Å². The second kappa shape index (κ2) is 7.75. The first-order valence-electron chi connectivity index (χ1n) is 7.04. The Morgan fingerprint density at radius 2 is 2.00 bits per heavy atom. The number of halogens is 3. The maximum absolute atomic E-state index is 12.6. The first kappa shape index (κ1) is 17.9. The van der Waals surface area contributed by atoms with Crippen LogP contribution < -0.4 is 0 Å². The van der Waals surface area contributed by atoms with E-state index in [1.165, 1.54) is 6.07 Å². The molecule has 1 rings (SSSR count). The Morgan fingerprint density at radius 3 is 2.48 bits per heavy atom. The van der Waals surface area contributed by atoms with Crippen molar-refractivity contribution in [2.45, 2.75) is 57.9 Å². The van der Waals surface area contributed by atoms with Crippen LogP contribution in [-0.2, 0) is 17.5 Å². The summed E-state index contributed by atoms with van der Waals surface area (Å²) < 4.78 is 43.3. The smallest absolute Gasteiger partial charge is 0.390 e. The van der Waals surface area contributed by atoms with Gasteiger partial charge in [-0.25, -0.2) is 4.98 Å². The number of alkyl halides is 3. The highest BCUT2D eigenvalue weighted by molar-refractivity contribution is 5.27. The van der Waals surface area contributed by atoms with Crippen LogP contribution in [0.3, 0.4) is 0 Å². The number of hydrogen-bond acceptors (Lipinski definition) is 3. The molecule has 21 heavy (non-hydrogen) atoms. The zero-order chi connectivity index (χ0) is 16.0. The van der Waals surface area contributed by atoms with Gasteiger partial charge in [0.2, 0.25) is 0 Å². The Kier molecular flexibility index (Phi) is 6.61. The van der Waals surface area contributed by atoms with E-state index < -0.39 is 18.5 Å². The van der Waals surface area contributed by atoms with Gasteiger partial charge < -0.3 is 9.84 Å². The third-order valence-corrected chi connectivity index (χ3v) is 3.54. The number of methoxy groups -OCH3 is 1. The number of aliphatic hydroxyl groups excluding tert-OH is 1. The molecule has 0 fully saturated rings. The first-order chi connectivity index (χ1) is 9.83. The SMILES string of the molecule is CCC[C@H](C[C@@H](C)c1ccc(C(F)(F)F)nc1CO)OC. The molecule has 0 spiro atoms. The molecule has 3 nitrogen and oxygen atoms in total. The molecular weight excluding hydrogens is 283 g/mol. The standard InChI is InChI=1S/C15H22F3NO2/c1-4-5-11(21-3)8-10(2)12-6-7-14(15(16,17)18)19-13(12)9-20/h6-7,10-11,20H,4-5,8-9H2,1-3H3/t10-,11-/m1/s1. The number of ether oxygens (including phenoxy) is 1. The fourth-order valence-corrected chi connectivity index (χ4v) is 2.42. The van der Waals surface area contributed by atoms with Crippen molar-refractivity contribution < 1.29 is 23.0 Å². The van der Waals surface area contributed by atoms with Crippen LogP contribution in [0.1, 0.15) is 56.0 Å². The molecule has 1 heterocycles. The molecule has 6 heteroatoms. The zero-order valence-electron chi connectivity index (χ0n) is 12.6. The Morgan fingerprint density at radius 1 is 1.33 bits per heavy atom. The lowest BCUT2D eigenvalue weighted by molar-refractivity contribution is -0.141. The molecule has 0 aliphatic heterocycles. The molecule has 0 aliphatic carbocycles. The molecule has 1 N–H and O–H groups in total. The van der Waals surface area contributed by atoms with Crippen LogP contribution in [0.4, 0.5) is 13.2 Å². The fourth-order valence-electron chi connectivity index (χ4n) is 2.42. The molecule has 0 saturated carbocycles. The molecule has 0 radical (unpaired) electrons. The van der Waals surface area contributed by atoms with Crippen molar-refractivity contribution in [2.24, 2.45) is 0 Å². The fraction of sp³-hybridized carbons (Fsp3) is 0.667. The summed E-state index contributed by atoms with van der Waals surface area (Å²) >= 11 is 0. The first-order valence-corrected chi connectivity index (χ1v) is 7.04. The number of aliphatic hydroxyl groups is 1. The second-order valence-electron chi connectivity index (χ2n) is 5.17. The third kappa shape index (κ3) is 4.97. The molecule has 120 valence electrons. The summed E-state index contributed by atoms with van der Waals surface area (Å²) in [7, 11) is 1.63. The van der Waals surface area contributed by atoms with Gasteiger partial charge in [-0.15, -0.1) is 0 Å². The zero-order valence-corrected chi connectivity index (χ0v) is 12.6. The number of pyridine rings is 1. The van der Waals surface area contributed by atoms with E-state index in [2.05, 4.69) is 11.9 Å². The molecule has 1 aromatic rings. The number of nitrogens with zero attached hydrogens (tertiary/aromatic N) is 1. The number of rotatable bonds is 7. The molecule has 0 saturated heterocycles. The summed E-state index contributed by atoms with van der Waals surface area (Å²) in [6, 6.07) is 2.37. The lowest BCUT2D eigenvalue weighted by Crippen LogP contribution is -2.16. The van der Waals surface area contributed by atoms with E-state index in [1.807, 2.05) is 6.92 Å². The van der Waals surface area contributed by atoms with E-state index in [0.29, 0.717) is 12.0 Å². The molecule has 0 aromatic carbocycles. The maximum atomic E-state index is 12.6. The molecular formula is C15H22F3NO2. The molecule has 1 aromatic heterocycles. The minimum absolute atomic E-state index is 0.0292. The summed E-state index contributed by atoms with van der Waals surface area (Å²) in [5.74, 6) is -0.0292. The largest absolute Gasteiger partial charge is 0.433 e. The minimum Gasteiger partial charge on any atom is -0.390 e. The van der Waals surface area contributed by atoms with Crippen molar-refractivity contribution in [3.8, 4) is 0 Å². The minimum atomic E-state index is -4.50. The summed E-state index contributed by atoms with van der Waals surface area (Å²) in [5, 5.41) is 9.29. The summed E-state index contributed by atoms with van der Waals surface area (Å²) in [6.45, 7) is 3.45. The lowest BCUT2D eigenvalue weighted by atomic mass is 9.92. The molecule has 0 amide bonds. The average Bonchev–Trinajstić information content (AvgIpc) is 2.44. The second-order valence-corrected chi connectivity index (χ2v) is 5.17. The molecule has 0 bridgehead atoms. The Hall–Kier alpha value is -1.14. The van der Waals surface area contributed by atoms with Crippen LogP contribution in [0.2, 0.25) is 0 Å². The Bertz CT molecular complexity index is 449. The number of hydrogen-bond donors (Lipinski definition) is 1.